The first-order valence-corrected chi connectivity index (χ1v) is 6.44. The van der Waals surface area contributed by atoms with Gasteiger partial charge in [0.05, 0.1) is 0 Å². The number of hydrogen-bond acceptors (Lipinski definition) is 3. The van der Waals surface area contributed by atoms with Crippen LogP contribution in [-0.2, 0) is 4.79 Å². The summed E-state index contributed by atoms with van der Waals surface area (Å²) in [5, 5.41) is 8.78. The first-order chi connectivity index (χ1) is 7.81. The molecule has 2 rings (SSSR count). The van der Waals surface area contributed by atoms with E-state index in [1.165, 1.54) is 0 Å². The summed E-state index contributed by atoms with van der Waals surface area (Å²) in [7, 11) is 0. The molecular weight excluding hydrogens is 204 g/mol. The van der Waals surface area contributed by atoms with Gasteiger partial charge in [-0.15, -0.1) is 0 Å². The zero-order valence-corrected chi connectivity index (χ0v) is 9.90. The number of hydrogen-bond donors (Lipinski definition) is 1. The summed E-state index contributed by atoms with van der Waals surface area (Å²) in [5.74, 6) is 0.355. The molecule has 4 heteroatoms. The Bertz CT molecular complexity index is 237. The van der Waals surface area contributed by atoms with Gasteiger partial charge in [0.15, 0.2) is 0 Å². The fourth-order valence-electron chi connectivity index (χ4n) is 2.80. The van der Waals surface area contributed by atoms with Gasteiger partial charge in [0.2, 0.25) is 5.91 Å². The van der Waals surface area contributed by atoms with E-state index < -0.39 is 0 Å². The van der Waals surface area contributed by atoms with E-state index in [0.29, 0.717) is 11.9 Å². The van der Waals surface area contributed by atoms with Crippen LogP contribution in [0.2, 0.25) is 0 Å². The summed E-state index contributed by atoms with van der Waals surface area (Å²) in [5.41, 5.74) is 0. The molecule has 0 bridgehead atoms. The molecule has 2 fully saturated rings. The molecule has 1 amide bonds. The first kappa shape index (κ1) is 11.9. The third kappa shape index (κ3) is 2.74. The van der Waals surface area contributed by atoms with Crippen molar-refractivity contribution in [2.75, 3.05) is 32.8 Å². The molecule has 0 aromatic carbocycles. The van der Waals surface area contributed by atoms with Crippen LogP contribution < -0.4 is 0 Å². The van der Waals surface area contributed by atoms with Gasteiger partial charge in [0, 0.05) is 45.2 Å². The number of amides is 1. The van der Waals surface area contributed by atoms with Crippen LogP contribution in [-0.4, -0.2) is 59.6 Å². The van der Waals surface area contributed by atoms with Crippen LogP contribution in [0.15, 0.2) is 0 Å². The third-order valence-electron chi connectivity index (χ3n) is 3.74. The number of nitrogens with zero attached hydrogens (tertiary/aromatic N) is 2. The van der Waals surface area contributed by atoms with E-state index in [9.17, 15) is 4.79 Å². The highest BCUT2D eigenvalue weighted by molar-refractivity contribution is 5.78. The molecule has 92 valence electrons. The van der Waals surface area contributed by atoms with Crippen LogP contribution in [0.1, 0.15) is 32.1 Å². The summed E-state index contributed by atoms with van der Waals surface area (Å²) in [6.45, 7) is 4.41. The molecule has 4 nitrogen and oxygen atoms in total. The van der Waals surface area contributed by atoms with E-state index in [0.717, 1.165) is 58.3 Å². The number of aliphatic hydroxyl groups is 1. The smallest absolute Gasteiger partial charge is 0.222 e. The maximum Gasteiger partial charge on any atom is 0.222 e. The van der Waals surface area contributed by atoms with E-state index in [2.05, 4.69) is 9.80 Å². The molecule has 16 heavy (non-hydrogen) atoms. The van der Waals surface area contributed by atoms with Crippen molar-refractivity contribution < 1.29 is 9.90 Å². The van der Waals surface area contributed by atoms with Gasteiger partial charge < -0.3 is 14.9 Å². The van der Waals surface area contributed by atoms with Crippen LogP contribution >= 0.6 is 0 Å². The maximum atomic E-state index is 11.6. The van der Waals surface area contributed by atoms with Crippen molar-refractivity contribution in [1.29, 1.82) is 0 Å². The van der Waals surface area contributed by atoms with Gasteiger partial charge >= 0.3 is 0 Å². The topological polar surface area (TPSA) is 43.8 Å². The fraction of sp³-hybridized carbons (Fsp3) is 0.917. The standard InChI is InChI=1S/C12H22N2O2/c15-10-2-6-13-8-4-11(5-9-13)14-7-1-3-12(14)16/h11,15H,1-10H2. The largest absolute Gasteiger partial charge is 0.396 e. The quantitative estimate of drug-likeness (QED) is 0.757. The predicted molar refractivity (Wildman–Crippen MR) is 62.1 cm³/mol. The Hall–Kier alpha value is -0.610. The molecular formula is C12H22N2O2. The van der Waals surface area contributed by atoms with Crippen LogP contribution in [0, 0.1) is 0 Å². The second kappa shape index (κ2) is 5.64. The van der Waals surface area contributed by atoms with Gasteiger partial charge in [-0.2, -0.15) is 0 Å². The van der Waals surface area contributed by atoms with Crippen molar-refractivity contribution in [3.8, 4) is 0 Å². The lowest BCUT2D eigenvalue weighted by molar-refractivity contribution is -0.130. The Balaban J connectivity index is 1.74. The van der Waals surface area contributed by atoms with E-state index in [4.69, 9.17) is 5.11 Å². The Morgan fingerprint density at radius 2 is 2.00 bits per heavy atom. The number of rotatable bonds is 4. The molecule has 0 atom stereocenters. The van der Waals surface area contributed by atoms with E-state index in [1.54, 1.807) is 0 Å². The van der Waals surface area contributed by atoms with E-state index in [1.807, 2.05) is 0 Å². The Labute approximate surface area is 97.2 Å². The summed E-state index contributed by atoms with van der Waals surface area (Å²) in [6, 6.07) is 0.486. The normalized spacial score (nSPS) is 24.3. The number of carbonyl (C=O) groups excluding carboxylic acids is 1. The SMILES string of the molecule is O=C1CCCN1C1CCN(CCCO)CC1. The molecule has 0 aliphatic carbocycles. The third-order valence-corrected chi connectivity index (χ3v) is 3.74. The molecule has 2 aliphatic rings. The lowest BCUT2D eigenvalue weighted by Crippen LogP contribution is -2.45. The van der Waals surface area contributed by atoms with E-state index >= 15 is 0 Å². The van der Waals surface area contributed by atoms with Gasteiger partial charge in [0.25, 0.3) is 0 Å². The van der Waals surface area contributed by atoms with Crippen LogP contribution in [0.3, 0.4) is 0 Å². The number of carbonyl (C=O) groups is 1. The lowest BCUT2D eigenvalue weighted by Gasteiger charge is -2.36. The molecule has 0 radical (unpaired) electrons. The second-order valence-electron chi connectivity index (χ2n) is 4.84. The highest BCUT2D eigenvalue weighted by atomic mass is 16.3. The summed E-state index contributed by atoms with van der Waals surface area (Å²) < 4.78 is 0. The number of piperidine rings is 1. The zero-order valence-electron chi connectivity index (χ0n) is 9.90. The summed E-state index contributed by atoms with van der Waals surface area (Å²) in [4.78, 5) is 16.1. The van der Waals surface area contributed by atoms with Gasteiger partial charge in [-0.05, 0) is 25.7 Å². The second-order valence-corrected chi connectivity index (χ2v) is 4.84. The molecule has 0 aromatic rings. The monoisotopic (exact) mass is 226 g/mol. The number of aliphatic hydroxyl groups excluding tert-OH is 1. The predicted octanol–water partition coefficient (Wildman–Crippen LogP) is 0.456. The molecule has 2 aliphatic heterocycles. The Morgan fingerprint density at radius 1 is 1.25 bits per heavy atom. The van der Waals surface area contributed by atoms with Gasteiger partial charge in [-0.1, -0.05) is 0 Å². The highest BCUT2D eigenvalue weighted by Crippen LogP contribution is 2.21. The average Bonchev–Trinajstić information content (AvgIpc) is 2.74. The van der Waals surface area contributed by atoms with Crippen LogP contribution in [0.4, 0.5) is 0 Å². The van der Waals surface area contributed by atoms with E-state index in [-0.39, 0.29) is 6.61 Å². The van der Waals surface area contributed by atoms with Crippen molar-refractivity contribution in [3.63, 3.8) is 0 Å². The Morgan fingerprint density at radius 3 is 2.56 bits per heavy atom. The minimum Gasteiger partial charge on any atom is -0.396 e. The number of likely N-dealkylation sites (tertiary alicyclic amines) is 2. The molecule has 2 saturated heterocycles. The lowest BCUT2D eigenvalue weighted by atomic mass is 10.0. The molecule has 0 unspecified atom stereocenters. The van der Waals surface area contributed by atoms with Crippen LogP contribution in [0.25, 0.3) is 0 Å². The zero-order chi connectivity index (χ0) is 11.4. The fourth-order valence-corrected chi connectivity index (χ4v) is 2.80. The maximum absolute atomic E-state index is 11.6. The highest BCUT2D eigenvalue weighted by Gasteiger charge is 2.30. The Kier molecular flexibility index (Phi) is 4.18. The average molecular weight is 226 g/mol. The molecule has 2 heterocycles. The first-order valence-electron chi connectivity index (χ1n) is 6.44. The van der Waals surface area contributed by atoms with Crippen molar-refractivity contribution >= 4 is 5.91 Å². The van der Waals surface area contributed by atoms with Gasteiger partial charge in [0.1, 0.15) is 0 Å². The van der Waals surface area contributed by atoms with Crippen molar-refractivity contribution in [3.05, 3.63) is 0 Å². The molecule has 1 N–H and O–H groups in total. The van der Waals surface area contributed by atoms with Crippen molar-refractivity contribution in [1.82, 2.24) is 9.80 Å². The molecule has 0 aromatic heterocycles. The van der Waals surface area contributed by atoms with Crippen molar-refractivity contribution in [2.45, 2.75) is 38.1 Å². The van der Waals surface area contributed by atoms with Gasteiger partial charge in [-0.3, -0.25) is 4.79 Å². The molecule has 0 spiro atoms. The van der Waals surface area contributed by atoms with Crippen molar-refractivity contribution in [2.24, 2.45) is 0 Å². The van der Waals surface area contributed by atoms with Crippen LogP contribution in [0.5, 0.6) is 0 Å². The summed E-state index contributed by atoms with van der Waals surface area (Å²) in [6.07, 6.45) is 4.88. The minimum absolute atomic E-state index is 0.282. The minimum atomic E-state index is 0.282. The summed E-state index contributed by atoms with van der Waals surface area (Å²) >= 11 is 0. The van der Waals surface area contributed by atoms with Gasteiger partial charge in [-0.25, -0.2) is 0 Å². The molecule has 0 saturated carbocycles.